The van der Waals surface area contributed by atoms with E-state index in [-0.39, 0.29) is 18.3 Å². The number of Topliss-reactive ketones (excluding diaryl/α,β-unsaturated/α-hetero) is 1. The van der Waals surface area contributed by atoms with Crippen LogP contribution in [0, 0.1) is 5.92 Å². The van der Waals surface area contributed by atoms with E-state index >= 15 is 0 Å². The van der Waals surface area contributed by atoms with E-state index in [1.54, 1.807) is 13.0 Å². The van der Waals surface area contributed by atoms with E-state index in [0.29, 0.717) is 5.92 Å². The third-order valence-corrected chi connectivity index (χ3v) is 3.67. The number of esters is 1. The second-order valence-corrected chi connectivity index (χ2v) is 5.84. The van der Waals surface area contributed by atoms with Gasteiger partial charge in [-0.3, -0.25) is 9.59 Å². The third-order valence-electron chi connectivity index (χ3n) is 3.67. The maximum atomic E-state index is 11.8. The number of hydrogen-bond donors (Lipinski definition) is 0. The van der Waals surface area contributed by atoms with Crippen LogP contribution in [0.2, 0.25) is 0 Å². The van der Waals surface area contributed by atoms with Crippen LogP contribution in [0.25, 0.3) is 0 Å². The van der Waals surface area contributed by atoms with Crippen LogP contribution in [0.1, 0.15) is 57.6 Å². The largest absolute Gasteiger partial charge is 0.465 e. The molecule has 1 rings (SSSR count). The van der Waals surface area contributed by atoms with Crippen molar-refractivity contribution in [2.45, 2.75) is 46.5 Å². The highest BCUT2D eigenvalue weighted by molar-refractivity contribution is 5.99. The molecule has 0 amide bonds. The number of hydrogen-bond acceptors (Lipinski definition) is 3. The summed E-state index contributed by atoms with van der Waals surface area (Å²) in [4.78, 5) is 23.4. The standard InChI is InChI=1S/C19H26O3/c1-6-22-19(21)18(15(5)20)11-10-14(4)17-9-7-8-16(12-17)13(2)3/h7-14,18H,6H2,1-5H3. The van der Waals surface area contributed by atoms with Crippen molar-refractivity contribution in [1.29, 1.82) is 0 Å². The Hall–Kier alpha value is -1.90. The van der Waals surface area contributed by atoms with Crippen molar-refractivity contribution in [2.75, 3.05) is 6.61 Å². The van der Waals surface area contributed by atoms with Gasteiger partial charge in [-0.05, 0) is 36.8 Å². The van der Waals surface area contributed by atoms with Gasteiger partial charge in [0.15, 0.2) is 0 Å². The molecule has 2 atom stereocenters. The molecule has 0 heterocycles. The smallest absolute Gasteiger partial charge is 0.320 e. The summed E-state index contributed by atoms with van der Waals surface area (Å²) in [5.74, 6) is -0.876. The lowest BCUT2D eigenvalue weighted by Gasteiger charge is -2.13. The molecular formula is C19H26O3. The summed E-state index contributed by atoms with van der Waals surface area (Å²) >= 11 is 0. The minimum absolute atomic E-state index is 0.134. The van der Waals surface area contributed by atoms with Crippen LogP contribution in [0.3, 0.4) is 0 Å². The van der Waals surface area contributed by atoms with Gasteiger partial charge in [0.25, 0.3) is 0 Å². The molecule has 22 heavy (non-hydrogen) atoms. The topological polar surface area (TPSA) is 43.4 Å². The van der Waals surface area contributed by atoms with Crippen molar-refractivity contribution in [1.82, 2.24) is 0 Å². The molecule has 0 aliphatic carbocycles. The van der Waals surface area contributed by atoms with E-state index in [1.165, 1.54) is 18.1 Å². The van der Waals surface area contributed by atoms with Gasteiger partial charge < -0.3 is 4.74 Å². The van der Waals surface area contributed by atoms with Crippen molar-refractivity contribution in [2.24, 2.45) is 5.92 Å². The summed E-state index contributed by atoms with van der Waals surface area (Å²) in [6.45, 7) is 9.80. The van der Waals surface area contributed by atoms with Crippen molar-refractivity contribution in [3.63, 3.8) is 0 Å². The van der Waals surface area contributed by atoms with Gasteiger partial charge in [-0.2, -0.15) is 0 Å². The van der Waals surface area contributed by atoms with Gasteiger partial charge in [0, 0.05) is 0 Å². The van der Waals surface area contributed by atoms with Crippen LogP contribution in [-0.2, 0) is 14.3 Å². The van der Waals surface area contributed by atoms with Crippen molar-refractivity contribution < 1.29 is 14.3 Å². The Morgan fingerprint density at radius 3 is 2.32 bits per heavy atom. The van der Waals surface area contributed by atoms with Crippen LogP contribution in [-0.4, -0.2) is 18.4 Å². The first-order valence-electron chi connectivity index (χ1n) is 7.82. The molecule has 0 aromatic heterocycles. The van der Waals surface area contributed by atoms with E-state index in [1.807, 2.05) is 12.1 Å². The Morgan fingerprint density at radius 2 is 1.77 bits per heavy atom. The molecule has 0 fully saturated rings. The Labute approximate surface area is 133 Å². The summed E-state index contributed by atoms with van der Waals surface area (Å²) in [5, 5.41) is 0. The monoisotopic (exact) mass is 302 g/mol. The predicted octanol–water partition coefficient (Wildman–Crippen LogP) is 4.24. The summed E-state index contributed by atoms with van der Waals surface area (Å²) in [6, 6.07) is 8.39. The van der Waals surface area contributed by atoms with E-state index in [0.717, 1.165) is 0 Å². The number of benzene rings is 1. The molecule has 0 saturated carbocycles. The number of ketones is 1. The summed E-state index contributed by atoms with van der Waals surface area (Å²) in [5.41, 5.74) is 2.46. The Morgan fingerprint density at radius 1 is 1.14 bits per heavy atom. The van der Waals surface area contributed by atoms with Crippen molar-refractivity contribution in [3.05, 3.63) is 47.5 Å². The van der Waals surface area contributed by atoms with Crippen LogP contribution < -0.4 is 0 Å². The van der Waals surface area contributed by atoms with Gasteiger partial charge >= 0.3 is 5.97 Å². The molecule has 0 aliphatic heterocycles. The molecule has 3 nitrogen and oxygen atoms in total. The number of carbonyl (C=O) groups excluding carboxylic acids is 2. The zero-order valence-electron chi connectivity index (χ0n) is 14.1. The first-order chi connectivity index (χ1) is 10.4. The summed E-state index contributed by atoms with van der Waals surface area (Å²) < 4.78 is 4.94. The lowest BCUT2D eigenvalue weighted by atomic mass is 9.93. The average Bonchev–Trinajstić information content (AvgIpc) is 2.47. The van der Waals surface area contributed by atoms with E-state index in [4.69, 9.17) is 4.74 Å². The fraction of sp³-hybridized carbons (Fsp3) is 0.474. The summed E-state index contributed by atoms with van der Waals surface area (Å²) in [6.07, 6.45) is 3.56. The Balaban J connectivity index is 2.89. The van der Waals surface area contributed by atoms with Crippen LogP contribution >= 0.6 is 0 Å². The maximum absolute atomic E-state index is 11.8. The first kappa shape index (κ1) is 18.1. The number of carbonyl (C=O) groups is 2. The molecule has 120 valence electrons. The lowest BCUT2D eigenvalue weighted by Crippen LogP contribution is -2.22. The molecular weight excluding hydrogens is 276 g/mol. The van der Waals surface area contributed by atoms with E-state index < -0.39 is 11.9 Å². The molecule has 0 N–H and O–H groups in total. The zero-order chi connectivity index (χ0) is 16.7. The molecule has 0 bridgehead atoms. The summed E-state index contributed by atoms with van der Waals surface area (Å²) in [7, 11) is 0. The van der Waals surface area contributed by atoms with Crippen molar-refractivity contribution in [3.8, 4) is 0 Å². The highest BCUT2D eigenvalue weighted by Gasteiger charge is 2.21. The number of ether oxygens (including phenoxy) is 1. The average molecular weight is 302 g/mol. The predicted molar refractivity (Wildman–Crippen MR) is 88.9 cm³/mol. The van der Waals surface area contributed by atoms with Gasteiger partial charge in [0.2, 0.25) is 0 Å². The number of allylic oxidation sites excluding steroid dienone is 1. The fourth-order valence-electron chi connectivity index (χ4n) is 2.20. The molecule has 1 aromatic carbocycles. The van der Waals surface area contributed by atoms with Crippen LogP contribution in [0.5, 0.6) is 0 Å². The second-order valence-electron chi connectivity index (χ2n) is 5.84. The normalized spacial score (nSPS) is 14.1. The molecule has 0 spiro atoms. The first-order valence-corrected chi connectivity index (χ1v) is 7.82. The quantitative estimate of drug-likeness (QED) is 0.430. The van der Waals surface area contributed by atoms with Gasteiger partial charge in [-0.15, -0.1) is 0 Å². The van der Waals surface area contributed by atoms with Crippen molar-refractivity contribution >= 4 is 11.8 Å². The highest BCUT2D eigenvalue weighted by atomic mass is 16.5. The molecule has 2 unspecified atom stereocenters. The Bertz CT molecular complexity index is 543. The molecule has 3 heteroatoms. The maximum Gasteiger partial charge on any atom is 0.320 e. The third kappa shape index (κ3) is 5.14. The van der Waals surface area contributed by atoms with Crippen LogP contribution in [0.15, 0.2) is 36.4 Å². The highest BCUT2D eigenvalue weighted by Crippen LogP contribution is 2.22. The molecule has 0 saturated heterocycles. The van der Waals surface area contributed by atoms with Gasteiger partial charge in [-0.25, -0.2) is 0 Å². The van der Waals surface area contributed by atoms with Gasteiger partial charge in [0.1, 0.15) is 11.7 Å². The molecule has 0 radical (unpaired) electrons. The lowest BCUT2D eigenvalue weighted by molar-refractivity contribution is -0.149. The van der Waals surface area contributed by atoms with E-state index in [2.05, 4.69) is 39.0 Å². The minimum Gasteiger partial charge on any atom is -0.465 e. The number of rotatable bonds is 7. The van der Waals surface area contributed by atoms with Gasteiger partial charge in [0.05, 0.1) is 6.61 Å². The van der Waals surface area contributed by atoms with Crippen LogP contribution in [0.4, 0.5) is 0 Å². The SMILES string of the molecule is CCOC(=O)C(C=CC(C)c1cccc(C(C)C)c1)C(C)=O. The Kier molecular flexibility index (Phi) is 7.03. The molecule has 1 aromatic rings. The van der Waals surface area contributed by atoms with E-state index in [9.17, 15) is 9.59 Å². The van der Waals surface area contributed by atoms with Gasteiger partial charge in [-0.1, -0.05) is 57.2 Å². The molecule has 0 aliphatic rings. The zero-order valence-corrected chi connectivity index (χ0v) is 14.1. The second kappa shape index (κ2) is 8.52. The fourth-order valence-corrected chi connectivity index (χ4v) is 2.20. The minimum atomic E-state index is -0.810.